The Morgan fingerprint density at radius 3 is 1.01 bits per heavy atom. The summed E-state index contributed by atoms with van der Waals surface area (Å²) in [6, 6.07) is 22.3. The molecule has 0 aromatic heterocycles. The highest BCUT2D eigenvalue weighted by molar-refractivity contribution is 5.57. The van der Waals surface area contributed by atoms with Gasteiger partial charge < -0.3 is 101 Å². The minimum absolute atomic E-state index is 0. The Balaban J connectivity index is 0.000000503. The fourth-order valence-electron chi connectivity index (χ4n) is 5.67. The quantitative estimate of drug-likeness (QED) is 0.0205. The molecule has 3 aromatic carbocycles. The van der Waals surface area contributed by atoms with Crippen molar-refractivity contribution in [3.63, 3.8) is 0 Å². The number of anilines is 6. The van der Waals surface area contributed by atoms with Gasteiger partial charge in [-0.3, -0.25) is 0 Å². The van der Waals surface area contributed by atoms with Gasteiger partial charge in [0.2, 0.25) is 0 Å². The fourth-order valence-corrected chi connectivity index (χ4v) is 5.67. The molecule has 0 aliphatic carbocycles. The van der Waals surface area contributed by atoms with Crippen LogP contribution >= 0.6 is 0 Å². The third kappa shape index (κ3) is 41.2. The summed E-state index contributed by atoms with van der Waals surface area (Å²) in [6.45, 7) is 19.1. The SMILES string of the molecule is C.C.C(COCC1CO1)OCC1CO1.CCCOCC(O)CNc1cccc(N)c1.CCCOCC(O)CNc1cccc(NCC(O)COCCOCC2CO2)c1.CCCOCC1CO1.Nc1cccc(N)c1. The van der Waals surface area contributed by atoms with E-state index in [2.05, 4.69) is 22.9 Å². The van der Waals surface area contributed by atoms with Gasteiger partial charge >= 0.3 is 0 Å². The number of aliphatic hydroxyl groups excluding tert-OH is 3. The van der Waals surface area contributed by atoms with Gasteiger partial charge in [-0.1, -0.05) is 53.8 Å². The van der Waals surface area contributed by atoms with E-state index in [-0.39, 0.29) is 27.6 Å². The van der Waals surface area contributed by atoms with E-state index in [1.165, 1.54) is 0 Å². The number of aliphatic hydroxyl groups is 3. The second-order valence-corrected chi connectivity index (χ2v) is 17.3. The molecule has 3 aromatic rings. The van der Waals surface area contributed by atoms with Gasteiger partial charge in [0.1, 0.15) is 24.4 Å². The van der Waals surface area contributed by atoms with Crippen LogP contribution in [0.5, 0.6) is 0 Å². The van der Waals surface area contributed by atoms with E-state index in [0.29, 0.717) is 128 Å². The first-order valence-electron chi connectivity index (χ1n) is 25.4. The minimum atomic E-state index is -0.610. The van der Waals surface area contributed by atoms with E-state index < -0.39 is 18.3 Å². The summed E-state index contributed by atoms with van der Waals surface area (Å²) < 4.78 is 57.0. The van der Waals surface area contributed by atoms with Crippen molar-refractivity contribution >= 4 is 34.1 Å². The van der Waals surface area contributed by atoms with Gasteiger partial charge in [-0.25, -0.2) is 0 Å². The van der Waals surface area contributed by atoms with Crippen LogP contribution in [0.25, 0.3) is 0 Å². The van der Waals surface area contributed by atoms with Crippen LogP contribution in [0.2, 0.25) is 0 Å². The summed E-state index contributed by atoms with van der Waals surface area (Å²) in [5.41, 5.74) is 21.2. The fraction of sp³-hybridized carbons (Fsp3) is 0.667. The lowest BCUT2D eigenvalue weighted by atomic mass is 10.2. The number of rotatable bonds is 35. The lowest BCUT2D eigenvalue weighted by Gasteiger charge is -2.15. The van der Waals surface area contributed by atoms with Crippen LogP contribution in [0.15, 0.2) is 72.8 Å². The van der Waals surface area contributed by atoms with Crippen molar-refractivity contribution < 1.29 is 67.4 Å². The molecule has 4 aliphatic rings. The molecular formula is C54H96N6O14. The molecule has 4 heterocycles. The highest BCUT2D eigenvalue weighted by atomic mass is 16.6. The third-order valence-corrected chi connectivity index (χ3v) is 9.83. The molecule has 20 heteroatoms. The van der Waals surface area contributed by atoms with Crippen LogP contribution in [-0.4, -0.2) is 197 Å². The molecule has 4 saturated heterocycles. The van der Waals surface area contributed by atoms with Gasteiger partial charge in [0.25, 0.3) is 0 Å². The molecule has 7 unspecified atom stereocenters. The van der Waals surface area contributed by atoms with E-state index in [0.717, 1.165) is 76.0 Å². The summed E-state index contributed by atoms with van der Waals surface area (Å²) in [7, 11) is 0. The van der Waals surface area contributed by atoms with Crippen LogP contribution in [-0.2, 0) is 52.1 Å². The third-order valence-electron chi connectivity index (χ3n) is 9.83. The summed E-state index contributed by atoms with van der Waals surface area (Å²) in [6.07, 6.45) is 2.76. The monoisotopic (exact) mass is 1050 g/mol. The molecule has 7 rings (SSSR count). The van der Waals surface area contributed by atoms with Crippen molar-refractivity contribution in [1.82, 2.24) is 0 Å². The first-order chi connectivity index (χ1) is 35.1. The lowest BCUT2D eigenvalue weighted by molar-refractivity contribution is 0.00537. The number of epoxide rings is 4. The smallest absolute Gasteiger partial charge is 0.104 e. The van der Waals surface area contributed by atoms with Crippen LogP contribution < -0.4 is 33.2 Å². The van der Waals surface area contributed by atoms with Gasteiger partial charge in [-0.05, 0) is 73.9 Å². The van der Waals surface area contributed by atoms with Gasteiger partial charge in [0.15, 0.2) is 0 Å². The molecule has 0 radical (unpaired) electrons. The lowest BCUT2D eigenvalue weighted by Crippen LogP contribution is -2.26. The number of hydrogen-bond donors (Lipinski definition) is 9. The molecule has 0 amide bonds. The van der Waals surface area contributed by atoms with Crippen LogP contribution in [0.4, 0.5) is 34.1 Å². The van der Waals surface area contributed by atoms with Gasteiger partial charge in [0.05, 0.1) is 117 Å². The maximum Gasteiger partial charge on any atom is 0.104 e. The molecule has 426 valence electrons. The minimum Gasteiger partial charge on any atom is -0.399 e. The van der Waals surface area contributed by atoms with Gasteiger partial charge in [0, 0.05) is 73.6 Å². The second-order valence-electron chi connectivity index (χ2n) is 17.3. The number of hydrogen-bond acceptors (Lipinski definition) is 20. The zero-order valence-corrected chi connectivity index (χ0v) is 43.0. The molecule has 74 heavy (non-hydrogen) atoms. The highest BCUT2D eigenvalue weighted by Crippen LogP contribution is 2.16. The summed E-state index contributed by atoms with van der Waals surface area (Å²) in [5.74, 6) is 0. The van der Waals surface area contributed by atoms with E-state index in [1.807, 2.05) is 68.4 Å². The Morgan fingerprint density at radius 1 is 0.432 bits per heavy atom. The number of nitrogens with one attached hydrogen (secondary N) is 3. The number of ether oxygens (including phenoxy) is 11. The maximum atomic E-state index is 10.0. The predicted octanol–water partition coefficient (Wildman–Crippen LogP) is 5.31. The van der Waals surface area contributed by atoms with Crippen molar-refractivity contribution in [3.8, 4) is 0 Å². The topological polar surface area (TPSA) is 290 Å². The zero-order chi connectivity index (χ0) is 51.9. The Hall–Kier alpha value is -4.10. The molecule has 0 spiro atoms. The van der Waals surface area contributed by atoms with Crippen molar-refractivity contribution in [2.24, 2.45) is 0 Å². The number of nitrogens with two attached hydrogens (primary N) is 3. The van der Waals surface area contributed by atoms with E-state index in [1.54, 1.807) is 18.2 Å². The summed E-state index contributed by atoms with van der Waals surface area (Å²) in [4.78, 5) is 0. The summed E-state index contributed by atoms with van der Waals surface area (Å²) >= 11 is 0. The molecule has 12 N–H and O–H groups in total. The molecule has 4 aliphatic heterocycles. The first-order valence-corrected chi connectivity index (χ1v) is 25.4. The van der Waals surface area contributed by atoms with Crippen LogP contribution in [0.1, 0.15) is 54.9 Å². The molecule has 0 saturated carbocycles. The molecule has 7 atom stereocenters. The molecule has 20 nitrogen and oxygen atoms in total. The van der Waals surface area contributed by atoms with Crippen molar-refractivity contribution in [2.75, 3.05) is 172 Å². The Bertz CT molecular complexity index is 1710. The Labute approximate surface area is 442 Å². The predicted molar refractivity (Wildman–Crippen MR) is 295 cm³/mol. The molecule has 4 fully saturated rings. The zero-order valence-electron chi connectivity index (χ0n) is 43.0. The van der Waals surface area contributed by atoms with E-state index in [9.17, 15) is 15.3 Å². The largest absolute Gasteiger partial charge is 0.399 e. The normalized spacial score (nSPS) is 18.4. The maximum absolute atomic E-state index is 10.0. The highest BCUT2D eigenvalue weighted by Gasteiger charge is 2.24. The van der Waals surface area contributed by atoms with E-state index >= 15 is 0 Å². The standard InChI is InChI=1S/C20H34N2O6.C12H20N2O2.C8H14O4.C6H8N2.C6H12O2.2CH4/c1-2-6-25-12-18(23)10-21-16-4-3-5-17(9-16)22-11-19(24)13-26-7-8-27-14-20-15-28-20;1-2-6-16-9-12(15)8-14-11-5-3-4-10(13)7-11;1(9-3-7-5-11-7)2-10-4-8-6-12-8;7-5-2-1-3-6(8)4-5;1-2-3-7-4-6-5-8-6;;/h3-5,9,18-24H,2,6-8,10-15H2,1H3;3-5,7,12,14-15H,2,6,8-9,13H2,1H3;7-8H,1-6H2;1-4H,7-8H2;6H,2-5H2,1H3;2*1H4. The average molecular weight is 1050 g/mol. The van der Waals surface area contributed by atoms with Gasteiger partial charge in [-0.2, -0.15) is 0 Å². The van der Waals surface area contributed by atoms with Crippen LogP contribution in [0, 0.1) is 0 Å². The van der Waals surface area contributed by atoms with Gasteiger partial charge in [-0.15, -0.1) is 0 Å². The molecule has 0 bridgehead atoms. The van der Waals surface area contributed by atoms with E-state index in [4.69, 9.17) is 69.3 Å². The number of benzene rings is 3. The van der Waals surface area contributed by atoms with Crippen molar-refractivity contribution in [2.45, 2.75) is 97.6 Å². The van der Waals surface area contributed by atoms with Crippen molar-refractivity contribution in [3.05, 3.63) is 72.8 Å². The van der Waals surface area contributed by atoms with Crippen molar-refractivity contribution in [1.29, 1.82) is 0 Å². The molecular weight excluding hydrogens is 957 g/mol. The second kappa shape index (κ2) is 44.1. The number of nitrogen functional groups attached to an aromatic ring is 3. The average Bonchev–Trinajstić information content (AvgIpc) is 4.14. The first kappa shape index (κ1) is 67.9. The Kier molecular flexibility index (Phi) is 40.4. The summed E-state index contributed by atoms with van der Waals surface area (Å²) in [5, 5.41) is 38.9. The Morgan fingerprint density at radius 2 is 0.703 bits per heavy atom. The van der Waals surface area contributed by atoms with Crippen LogP contribution in [0.3, 0.4) is 0 Å².